The van der Waals surface area contributed by atoms with E-state index in [9.17, 15) is 14.0 Å². The Kier molecular flexibility index (Phi) is 7.45. The van der Waals surface area contributed by atoms with Crippen LogP contribution in [0.25, 0.3) is 17.2 Å². The lowest BCUT2D eigenvalue weighted by molar-refractivity contribution is -0.119. The third-order valence-electron chi connectivity index (χ3n) is 4.86. The highest BCUT2D eigenvalue weighted by Crippen LogP contribution is 2.24. The van der Waals surface area contributed by atoms with Gasteiger partial charge in [-0.2, -0.15) is 0 Å². The number of halogens is 2. The zero-order valence-corrected chi connectivity index (χ0v) is 19.7. The Balaban J connectivity index is 1.39. The molecule has 11 nitrogen and oxygen atoms in total. The highest BCUT2D eigenvalue weighted by atomic mass is 79.9. The van der Waals surface area contributed by atoms with Crippen LogP contribution in [0.3, 0.4) is 0 Å². The minimum atomic E-state index is -0.781. The number of aromatic nitrogens is 4. The van der Waals surface area contributed by atoms with E-state index in [1.165, 1.54) is 18.2 Å². The summed E-state index contributed by atoms with van der Waals surface area (Å²) in [4.78, 5) is 28.5. The second-order valence-corrected chi connectivity index (χ2v) is 8.20. The van der Waals surface area contributed by atoms with Gasteiger partial charge in [0.25, 0.3) is 0 Å². The lowest BCUT2D eigenvalue weighted by Gasteiger charge is -2.05. The van der Waals surface area contributed by atoms with Gasteiger partial charge in [-0.3, -0.25) is 19.6 Å². The molecule has 0 saturated carbocycles. The average Bonchev–Trinajstić information content (AvgIpc) is 3.45. The van der Waals surface area contributed by atoms with Crippen molar-refractivity contribution in [3.05, 3.63) is 80.6 Å². The maximum absolute atomic E-state index is 13.6. The van der Waals surface area contributed by atoms with Crippen LogP contribution in [-0.4, -0.2) is 38.4 Å². The minimum absolute atomic E-state index is 0.0108. The molecule has 180 valence electrons. The number of nitrogens with two attached hydrogens (primary N) is 1. The van der Waals surface area contributed by atoms with Gasteiger partial charge in [0.1, 0.15) is 11.5 Å². The van der Waals surface area contributed by atoms with Crippen molar-refractivity contribution in [2.24, 2.45) is 10.7 Å². The van der Waals surface area contributed by atoms with Crippen LogP contribution in [0.2, 0.25) is 0 Å². The smallest absolute Gasteiger partial charge is 0.370 e. The molecule has 0 spiro atoms. The molecular weight excluding hydrogens is 525 g/mol. The topological polar surface area (TPSA) is 154 Å². The van der Waals surface area contributed by atoms with Crippen LogP contribution in [0.5, 0.6) is 0 Å². The first kappa shape index (κ1) is 24.0. The van der Waals surface area contributed by atoms with Gasteiger partial charge in [-0.25, -0.2) is 18.4 Å². The van der Waals surface area contributed by atoms with Crippen LogP contribution < -0.4 is 16.8 Å². The number of aliphatic imine (C=N–C) groups is 1. The van der Waals surface area contributed by atoms with E-state index < -0.39 is 11.6 Å². The molecule has 0 unspecified atom stereocenters. The summed E-state index contributed by atoms with van der Waals surface area (Å²) in [6.07, 6.45) is 1.04. The fraction of sp³-hybridized carbons (Fsp3) is 0.182. The van der Waals surface area contributed by atoms with Gasteiger partial charge in [-0.05, 0) is 57.7 Å². The molecule has 0 aliphatic heterocycles. The van der Waals surface area contributed by atoms with Gasteiger partial charge in [0.05, 0.1) is 16.6 Å². The molecule has 2 aromatic carbocycles. The van der Waals surface area contributed by atoms with Crippen molar-refractivity contribution in [1.82, 2.24) is 25.4 Å². The molecule has 4 aromatic rings. The van der Waals surface area contributed by atoms with Crippen molar-refractivity contribution in [3.63, 3.8) is 0 Å². The molecule has 0 aliphatic carbocycles. The Morgan fingerprint density at radius 1 is 1.17 bits per heavy atom. The quantitative estimate of drug-likeness (QED) is 0.195. The average molecular weight is 544 g/mol. The van der Waals surface area contributed by atoms with Crippen molar-refractivity contribution in [2.45, 2.75) is 19.3 Å². The first-order chi connectivity index (χ1) is 16.9. The maximum Gasteiger partial charge on any atom is 0.446 e. The number of aryl methyl sites for hydroxylation is 1. The van der Waals surface area contributed by atoms with Gasteiger partial charge in [-0.1, -0.05) is 40.6 Å². The zero-order chi connectivity index (χ0) is 24.8. The second kappa shape index (κ2) is 10.9. The molecule has 0 bridgehead atoms. The summed E-state index contributed by atoms with van der Waals surface area (Å²) in [6, 6.07) is 13.3. The number of hydrogen-bond acceptors (Lipinski definition) is 8. The molecular formula is C22H19BrFN7O4. The summed E-state index contributed by atoms with van der Waals surface area (Å²) < 4.78 is 24.6. The Morgan fingerprint density at radius 2 is 1.97 bits per heavy atom. The number of guanidine groups is 1. The van der Waals surface area contributed by atoms with Gasteiger partial charge in [-0.15, -0.1) is 0 Å². The minimum Gasteiger partial charge on any atom is -0.370 e. The van der Waals surface area contributed by atoms with E-state index in [0.717, 1.165) is 10.1 Å². The third kappa shape index (κ3) is 5.87. The van der Waals surface area contributed by atoms with Crippen LogP contribution in [0, 0.1) is 5.82 Å². The molecule has 0 saturated heterocycles. The predicted molar refractivity (Wildman–Crippen MR) is 126 cm³/mol. The largest absolute Gasteiger partial charge is 0.446 e. The molecule has 2 aromatic heterocycles. The van der Waals surface area contributed by atoms with Crippen LogP contribution in [0.1, 0.15) is 17.7 Å². The number of hydrogen-bond donors (Lipinski definition) is 2. The number of nitrogens with one attached hydrogen (secondary N) is 1. The number of carbonyl (C=O) groups is 1. The van der Waals surface area contributed by atoms with E-state index in [4.69, 9.17) is 14.9 Å². The lowest BCUT2D eigenvalue weighted by atomic mass is 10.1. The summed E-state index contributed by atoms with van der Waals surface area (Å²) in [7, 11) is 0. The molecule has 4 rings (SSSR count). The summed E-state index contributed by atoms with van der Waals surface area (Å²) in [6.45, 7) is 0.292. The molecule has 0 aliphatic rings. The highest BCUT2D eigenvalue weighted by molar-refractivity contribution is 9.10. The predicted octanol–water partition coefficient (Wildman–Crippen LogP) is 2.38. The van der Waals surface area contributed by atoms with E-state index >= 15 is 0 Å². The molecule has 13 heteroatoms. The van der Waals surface area contributed by atoms with E-state index in [-0.39, 0.29) is 34.3 Å². The molecule has 3 N–H and O–H groups in total. The van der Waals surface area contributed by atoms with Crippen molar-refractivity contribution in [1.29, 1.82) is 0 Å². The normalized spacial score (nSPS) is 11.5. The Morgan fingerprint density at radius 3 is 2.74 bits per heavy atom. The van der Waals surface area contributed by atoms with E-state index in [1.807, 2.05) is 30.3 Å². The van der Waals surface area contributed by atoms with E-state index in [0.29, 0.717) is 30.8 Å². The Labute approximate surface area is 205 Å². The summed E-state index contributed by atoms with van der Waals surface area (Å²) in [5, 5.41) is 14.1. The van der Waals surface area contributed by atoms with Gasteiger partial charge >= 0.3 is 5.76 Å². The van der Waals surface area contributed by atoms with E-state index in [2.05, 4.69) is 41.7 Å². The SMILES string of the molecule is NC(=NCCCc1nonc1-c1noc(=O)n1-c1ccc(F)c(Br)c1)NC(=O)Cc1ccccc1. The van der Waals surface area contributed by atoms with Crippen LogP contribution in [-0.2, 0) is 17.6 Å². The molecule has 35 heavy (non-hydrogen) atoms. The van der Waals surface area contributed by atoms with Gasteiger partial charge in [0.2, 0.25) is 11.7 Å². The number of benzene rings is 2. The summed E-state index contributed by atoms with van der Waals surface area (Å²) in [5.74, 6) is -1.47. The molecule has 1 amide bonds. The third-order valence-corrected chi connectivity index (χ3v) is 5.47. The monoisotopic (exact) mass is 543 g/mol. The van der Waals surface area contributed by atoms with Crippen LogP contribution >= 0.6 is 15.9 Å². The number of rotatable bonds is 8. The van der Waals surface area contributed by atoms with Crippen molar-refractivity contribution >= 4 is 27.8 Å². The number of amides is 1. The molecule has 0 atom stereocenters. The summed E-state index contributed by atoms with van der Waals surface area (Å²) in [5.41, 5.74) is 7.59. The first-order valence-electron chi connectivity index (χ1n) is 10.4. The highest BCUT2D eigenvalue weighted by Gasteiger charge is 2.22. The van der Waals surface area contributed by atoms with Crippen molar-refractivity contribution in [3.8, 4) is 17.2 Å². The second-order valence-electron chi connectivity index (χ2n) is 7.35. The molecule has 0 radical (unpaired) electrons. The number of carbonyl (C=O) groups excluding carboxylic acids is 1. The van der Waals surface area contributed by atoms with E-state index in [1.54, 1.807) is 0 Å². The Hall–Kier alpha value is -4.13. The maximum atomic E-state index is 13.6. The van der Waals surface area contributed by atoms with Gasteiger partial charge in [0, 0.05) is 6.54 Å². The standard InChI is InChI=1S/C22H19BrFN7O4/c23-15-12-14(8-9-16(15)24)31-20(30-34-22(31)33)19-17(28-35-29-19)7-4-10-26-21(25)27-18(32)11-13-5-2-1-3-6-13/h1-3,5-6,8-9,12H,4,7,10-11H2,(H3,25,26,27,32). The molecule has 0 fully saturated rings. The van der Waals surface area contributed by atoms with Crippen molar-refractivity contribution < 1.29 is 18.3 Å². The fourth-order valence-corrected chi connectivity index (χ4v) is 3.61. The van der Waals surface area contributed by atoms with Crippen LogP contribution in [0.15, 0.2) is 71.9 Å². The Bertz CT molecular complexity index is 1410. The summed E-state index contributed by atoms with van der Waals surface area (Å²) >= 11 is 3.09. The van der Waals surface area contributed by atoms with Crippen molar-refractivity contribution in [2.75, 3.05) is 6.54 Å². The molecule has 2 heterocycles. The zero-order valence-electron chi connectivity index (χ0n) is 18.1. The van der Waals surface area contributed by atoms with Crippen LogP contribution in [0.4, 0.5) is 4.39 Å². The number of nitrogens with zero attached hydrogens (tertiary/aromatic N) is 5. The lowest BCUT2D eigenvalue weighted by Crippen LogP contribution is -2.37. The first-order valence-corrected chi connectivity index (χ1v) is 11.2. The van der Waals surface area contributed by atoms with Gasteiger partial charge in [0.15, 0.2) is 11.7 Å². The fourth-order valence-electron chi connectivity index (χ4n) is 3.25. The van der Waals surface area contributed by atoms with Gasteiger partial charge < -0.3 is 5.73 Å².